The standard InChI is InChI=1S/C21H16ClNO4/c1-3-26-20(25)17-12(2)27-23-19(17)21(22)15-10-6-4-8-13(15)18(24)14-9-5-7-11-16(14)21/h4-11H,3H2,1-2H3. The molecule has 1 aliphatic rings. The number of carbonyl (C=O) groups excluding carboxylic acids is 2. The average Bonchev–Trinajstić information content (AvgIpc) is 3.08. The number of ketones is 1. The molecule has 4 rings (SSSR count). The van der Waals surface area contributed by atoms with Crippen LogP contribution in [0.1, 0.15) is 55.8 Å². The predicted molar refractivity (Wildman–Crippen MR) is 99.2 cm³/mol. The summed E-state index contributed by atoms with van der Waals surface area (Å²) in [6, 6.07) is 14.2. The molecule has 3 aromatic rings. The van der Waals surface area contributed by atoms with E-state index in [2.05, 4.69) is 5.16 Å². The van der Waals surface area contributed by atoms with Crippen LogP contribution in [0.5, 0.6) is 0 Å². The Morgan fingerprint density at radius 2 is 1.67 bits per heavy atom. The highest BCUT2D eigenvalue weighted by Crippen LogP contribution is 2.50. The molecule has 0 aliphatic heterocycles. The van der Waals surface area contributed by atoms with Crippen LogP contribution in [0.2, 0.25) is 0 Å². The van der Waals surface area contributed by atoms with Crippen molar-refractivity contribution in [2.45, 2.75) is 18.7 Å². The zero-order valence-electron chi connectivity index (χ0n) is 14.8. The topological polar surface area (TPSA) is 69.4 Å². The molecule has 0 N–H and O–H groups in total. The molecule has 27 heavy (non-hydrogen) atoms. The van der Waals surface area contributed by atoms with E-state index >= 15 is 0 Å². The van der Waals surface area contributed by atoms with E-state index in [1.165, 1.54) is 0 Å². The highest BCUT2D eigenvalue weighted by molar-refractivity contribution is 6.32. The summed E-state index contributed by atoms with van der Waals surface area (Å²) in [6.07, 6.45) is 0. The molecule has 0 spiro atoms. The van der Waals surface area contributed by atoms with Crippen LogP contribution in [-0.4, -0.2) is 23.5 Å². The Bertz CT molecular complexity index is 1020. The van der Waals surface area contributed by atoms with Gasteiger partial charge in [-0.25, -0.2) is 4.79 Å². The summed E-state index contributed by atoms with van der Waals surface area (Å²) >= 11 is 7.21. The number of aryl methyl sites for hydroxylation is 1. The Balaban J connectivity index is 2.06. The van der Waals surface area contributed by atoms with Gasteiger partial charge in [0.15, 0.2) is 5.78 Å². The molecular formula is C21H16ClNO4. The van der Waals surface area contributed by atoms with Crippen LogP contribution < -0.4 is 0 Å². The average molecular weight is 382 g/mol. The van der Waals surface area contributed by atoms with Gasteiger partial charge in [-0.3, -0.25) is 4.79 Å². The van der Waals surface area contributed by atoms with Crippen molar-refractivity contribution in [2.24, 2.45) is 0 Å². The minimum atomic E-state index is -1.35. The molecule has 1 heterocycles. The van der Waals surface area contributed by atoms with Gasteiger partial charge in [-0.15, -0.1) is 11.6 Å². The molecule has 0 unspecified atom stereocenters. The van der Waals surface area contributed by atoms with Gasteiger partial charge in [0, 0.05) is 11.1 Å². The number of esters is 1. The fourth-order valence-electron chi connectivity index (χ4n) is 3.56. The fraction of sp³-hybridized carbons (Fsp3) is 0.190. The fourth-order valence-corrected chi connectivity index (χ4v) is 4.02. The summed E-state index contributed by atoms with van der Waals surface area (Å²) in [5.74, 6) is -0.358. The van der Waals surface area contributed by atoms with E-state index in [1.54, 1.807) is 62.4 Å². The molecule has 5 nitrogen and oxygen atoms in total. The Morgan fingerprint density at radius 1 is 1.11 bits per heavy atom. The van der Waals surface area contributed by atoms with Crippen molar-refractivity contribution >= 4 is 23.4 Å². The van der Waals surface area contributed by atoms with Gasteiger partial charge in [-0.1, -0.05) is 53.7 Å². The lowest BCUT2D eigenvalue weighted by molar-refractivity contribution is 0.0523. The molecule has 0 atom stereocenters. The van der Waals surface area contributed by atoms with Gasteiger partial charge in [0.2, 0.25) is 0 Å². The van der Waals surface area contributed by atoms with E-state index in [9.17, 15) is 9.59 Å². The lowest BCUT2D eigenvalue weighted by atomic mass is 9.74. The molecule has 0 saturated carbocycles. The maximum Gasteiger partial charge on any atom is 0.343 e. The van der Waals surface area contributed by atoms with Crippen molar-refractivity contribution < 1.29 is 18.8 Å². The van der Waals surface area contributed by atoms with Gasteiger partial charge in [-0.05, 0) is 25.0 Å². The second-order valence-electron chi connectivity index (χ2n) is 6.26. The lowest BCUT2D eigenvalue weighted by Gasteiger charge is -2.34. The highest BCUT2D eigenvalue weighted by Gasteiger charge is 2.48. The second-order valence-corrected chi connectivity index (χ2v) is 6.83. The molecule has 2 aromatic carbocycles. The number of hydrogen-bond donors (Lipinski definition) is 0. The largest absolute Gasteiger partial charge is 0.462 e. The summed E-state index contributed by atoms with van der Waals surface area (Å²) in [4.78, 5) is 24.2. The third-order valence-electron chi connectivity index (χ3n) is 4.75. The van der Waals surface area contributed by atoms with E-state index in [-0.39, 0.29) is 23.6 Å². The lowest BCUT2D eigenvalue weighted by Crippen LogP contribution is -2.34. The molecule has 136 valence electrons. The predicted octanol–water partition coefficient (Wildman–Crippen LogP) is 4.23. The Labute approximate surface area is 160 Å². The van der Waals surface area contributed by atoms with Gasteiger partial charge >= 0.3 is 5.97 Å². The van der Waals surface area contributed by atoms with Crippen LogP contribution in [0.4, 0.5) is 0 Å². The third-order valence-corrected chi connectivity index (χ3v) is 5.34. The number of benzene rings is 2. The van der Waals surface area contributed by atoms with Gasteiger partial charge in [-0.2, -0.15) is 0 Å². The number of rotatable bonds is 3. The monoisotopic (exact) mass is 381 g/mol. The van der Waals surface area contributed by atoms with Crippen molar-refractivity contribution in [3.05, 3.63) is 87.8 Å². The van der Waals surface area contributed by atoms with Gasteiger partial charge in [0.25, 0.3) is 0 Å². The second kappa shape index (κ2) is 6.35. The SMILES string of the molecule is CCOC(=O)c1c(C2(Cl)c3ccccc3C(=O)c3ccccc32)noc1C. The normalized spacial score (nSPS) is 14.4. The number of carbonyl (C=O) groups is 2. The number of fused-ring (bicyclic) bond motifs is 2. The number of hydrogen-bond acceptors (Lipinski definition) is 5. The van der Waals surface area contributed by atoms with Crippen LogP contribution in [-0.2, 0) is 9.61 Å². The zero-order valence-corrected chi connectivity index (χ0v) is 15.5. The van der Waals surface area contributed by atoms with Crippen LogP contribution in [0.3, 0.4) is 0 Å². The van der Waals surface area contributed by atoms with Crippen LogP contribution in [0, 0.1) is 6.92 Å². The molecule has 1 aromatic heterocycles. The van der Waals surface area contributed by atoms with E-state index in [4.69, 9.17) is 20.9 Å². The molecule has 0 amide bonds. The van der Waals surface area contributed by atoms with Crippen LogP contribution >= 0.6 is 11.6 Å². The van der Waals surface area contributed by atoms with E-state index < -0.39 is 10.8 Å². The summed E-state index contributed by atoms with van der Waals surface area (Å²) < 4.78 is 10.5. The van der Waals surface area contributed by atoms with Crippen molar-refractivity contribution in [3.63, 3.8) is 0 Å². The van der Waals surface area contributed by atoms with Gasteiger partial charge in [0.05, 0.1) is 6.61 Å². The highest BCUT2D eigenvalue weighted by atomic mass is 35.5. The quantitative estimate of drug-likeness (QED) is 0.501. The zero-order chi connectivity index (χ0) is 19.2. The smallest absolute Gasteiger partial charge is 0.343 e. The molecule has 0 saturated heterocycles. The molecule has 0 bridgehead atoms. The molecule has 6 heteroatoms. The number of ether oxygens (including phenoxy) is 1. The minimum absolute atomic E-state index is 0.115. The Hall–Kier alpha value is -2.92. The minimum Gasteiger partial charge on any atom is -0.462 e. The Morgan fingerprint density at radius 3 is 2.22 bits per heavy atom. The molecular weight excluding hydrogens is 366 g/mol. The number of halogens is 1. The van der Waals surface area contributed by atoms with Crippen LogP contribution in [0.15, 0.2) is 53.1 Å². The summed E-state index contributed by atoms with van der Waals surface area (Å²) in [7, 11) is 0. The molecule has 1 aliphatic carbocycles. The Kier molecular flexibility index (Phi) is 4.12. The van der Waals surface area contributed by atoms with Crippen molar-refractivity contribution in [1.82, 2.24) is 5.16 Å². The number of aromatic nitrogens is 1. The first kappa shape index (κ1) is 17.5. The van der Waals surface area contributed by atoms with Gasteiger partial charge < -0.3 is 9.26 Å². The number of alkyl halides is 1. The third kappa shape index (κ3) is 2.42. The summed E-state index contributed by atoms with van der Waals surface area (Å²) in [5.41, 5.74) is 2.49. The van der Waals surface area contributed by atoms with Crippen molar-refractivity contribution in [3.8, 4) is 0 Å². The van der Waals surface area contributed by atoms with Crippen LogP contribution in [0.25, 0.3) is 0 Å². The van der Waals surface area contributed by atoms with E-state index in [0.29, 0.717) is 28.0 Å². The maximum atomic E-state index is 13.0. The maximum absolute atomic E-state index is 13.0. The summed E-state index contributed by atoms with van der Waals surface area (Å²) in [6.45, 7) is 3.57. The molecule has 0 radical (unpaired) electrons. The molecule has 0 fully saturated rings. The van der Waals surface area contributed by atoms with E-state index in [0.717, 1.165) is 0 Å². The first-order valence-corrected chi connectivity index (χ1v) is 8.94. The number of nitrogens with zero attached hydrogens (tertiary/aromatic N) is 1. The van der Waals surface area contributed by atoms with Crippen molar-refractivity contribution in [1.29, 1.82) is 0 Å². The first-order valence-electron chi connectivity index (χ1n) is 8.56. The summed E-state index contributed by atoms with van der Waals surface area (Å²) in [5, 5.41) is 4.12. The van der Waals surface area contributed by atoms with E-state index in [1.807, 2.05) is 0 Å². The van der Waals surface area contributed by atoms with Crippen molar-refractivity contribution in [2.75, 3.05) is 6.61 Å². The first-order chi connectivity index (χ1) is 13.0. The van der Waals surface area contributed by atoms with Gasteiger partial charge in [0.1, 0.15) is 21.9 Å².